The number of hydrogen-bond acceptors (Lipinski definition) is 6. The first-order valence-electron chi connectivity index (χ1n) is 10.3. The Morgan fingerprint density at radius 1 is 1.21 bits per heavy atom. The number of rotatable bonds is 3. The van der Waals surface area contributed by atoms with Crippen molar-refractivity contribution in [2.75, 3.05) is 6.61 Å². The Hall–Kier alpha value is -1.37. The van der Waals surface area contributed by atoms with Crippen molar-refractivity contribution in [3.8, 4) is 0 Å². The summed E-state index contributed by atoms with van der Waals surface area (Å²) in [5.74, 6) is -0.908. The third kappa shape index (κ3) is 2.28. The van der Waals surface area contributed by atoms with Gasteiger partial charge >= 0.3 is 0 Å². The second-order valence-electron chi connectivity index (χ2n) is 10.0. The van der Waals surface area contributed by atoms with E-state index in [1.54, 1.807) is 13.0 Å². The van der Waals surface area contributed by atoms with Crippen LogP contribution >= 0.6 is 0 Å². The molecule has 6 heteroatoms. The number of aldehydes is 1. The van der Waals surface area contributed by atoms with Gasteiger partial charge in [0.05, 0.1) is 0 Å². The van der Waals surface area contributed by atoms with Gasteiger partial charge in [-0.2, -0.15) is 0 Å². The molecule has 28 heavy (non-hydrogen) atoms. The van der Waals surface area contributed by atoms with Crippen LogP contribution in [-0.2, 0) is 14.4 Å². The lowest BCUT2D eigenvalue weighted by atomic mass is 9.42. The fourth-order valence-electron chi connectivity index (χ4n) is 7.65. The maximum absolute atomic E-state index is 12.5. The van der Waals surface area contributed by atoms with Gasteiger partial charge in [-0.05, 0) is 61.9 Å². The summed E-state index contributed by atoms with van der Waals surface area (Å²) in [6.45, 7) is 3.10. The zero-order valence-corrected chi connectivity index (χ0v) is 16.6. The van der Waals surface area contributed by atoms with Crippen molar-refractivity contribution in [3.63, 3.8) is 0 Å². The Bertz CT molecular complexity index is 773. The number of carbonyl (C=O) groups is 3. The third-order valence-corrected chi connectivity index (χ3v) is 8.92. The summed E-state index contributed by atoms with van der Waals surface area (Å²) >= 11 is 0. The molecule has 0 saturated heterocycles. The van der Waals surface area contributed by atoms with Gasteiger partial charge in [0.2, 0.25) is 0 Å². The molecule has 0 unspecified atom stereocenters. The van der Waals surface area contributed by atoms with Gasteiger partial charge in [-0.15, -0.1) is 0 Å². The van der Waals surface area contributed by atoms with Gasteiger partial charge < -0.3 is 20.1 Å². The summed E-state index contributed by atoms with van der Waals surface area (Å²) in [7, 11) is 0. The highest BCUT2D eigenvalue weighted by atomic mass is 16.3. The van der Waals surface area contributed by atoms with Crippen molar-refractivity contribution >= 4 is 17.9 Å². The van der Waals surface area contributed by atoms with Gasteiger partial charge in [0.1, 0.15) is 17.8 Å². The van der Waals surface area contributed by atoms with Crippen LogP contribution in [-0.4, -0.2) is 51.0 Å². The van der Waals surface area contributed by atoms with Gasteiger partial charge in [-0.25, -0.2) is 0 Å². The maximum atomic E-state index is 12.5. The molecule has 0 aliphatic heterocycles. The number of carbonyl (C=O) groups excluding carboxylic acids is 3. The Labute approximate surface area is 165 Å². The molecular formula is C22H30O6. The molecule has 7 atom stereocenters. The van der Waals surface area contributed by atoms with Gasteiger partial charge in [0.25, 0.3) is 0 Å². The van der Waals surface area contributed by atoms with Crippen LogP contribution < -0.4 is 0 Å². The molecule has 3 saturated carbocycles. The second-order valence-corrected chi connectivity index (χ2v) is 10.0. The molecule has 4 aliphatic rings. The molecule has 4 rings (SSSR count). The molecular weight excluding hydrogens is 360 g/mol. The molecule has 6 nitrogen and oxygen atoms in total. The largest absolute Gasteiger partial charge is 0.388 e. The topological polar surface area (TPSA) is 112 Å². The Morgan fingerprint density at radius 2 is 1.93 bits per heavy atom. The maximum Gasteiger partial charge on any atom is 0.190 e. The fourth-order valence-corrected chi connectivity index (χ4v) is 7.65. The zero-order chi connectivity index (χ0) is 20.5. The van der Waals surface area contributed by atoms with Crippen LogP contribution in [0.15, 0.2) is 11.6 Å². The molecule has 3 fully saturated rings. The molecule has 0 aromatic heterocycles. The highest BCUT2D eigenvalue weighted by molar-refractivity contribution is 5.92. The zero-order valence-electron chi connectivity index (χ0n) is 16.6. The van der Waals surface area contributed by atoms with E-state index in [9.17, 15) is 29.7 Å². The van der Waals surface area contributed by atoms with E-state index in [0.29, 0.717) is 25.5 Å². The van der Waals surface area contributed by atoms with Crippen molar-refractivity contribution in [3.05, 3.63) is 11.6 Å². The van der Waals surface area contributed by atoms with Crippen LogP contribution in [0.25, 0.3) is 0 Å². The Morgan fingerprint density at radius 3 is 2.57 bits per heavy atom. The highest BCUT2D eigenvalue weighted by Crippen LogP contribution is 2.69. The van der Waals surface area contributed by atoms with Crippen molar-refractivity contribution in [2.24, 2.45) is 28.6 Å². The van der Waals surface area contributed by atoms with Crippen molar-refractivity contribution in [1.82, 2.24) is 0 Å². The van der Waals surface area contributed by atoms with Gasteiger partial charge in [-0.1, -0.05) is 19.4 Å². The molecule has 0 amide bonds. The Balaban J connectivity index is 1.83. The monoisotopic (exact) mass is 390 g/mol. The smallest absolute Gasteiger partial charge is 0.190 e. The van der Waals surface area contributed by atoms with Crippen LogP contribution in [0.3, 0.4) is 0 Å². The second kappa shape index (κ2) is 6.07. The van der Waals surface area contributed by atoms with Gasteiger partial charge in [-0.3, -0.25) is 9.59 Å². The average molecular weight is 390 g/mol. The molecule has 3 N–H and O–H groups in total. The normalized spacial score (nSPS) is 50.2. The summed E-state index contributed by atoms with van der Waals surface area (Å²) in [6, 6.07) is 0. The molecule has 0 bridgehead atoms. The number of fused-ring (bicyclic) bond motifs is 5. The van der Waals surface area contributed by atoms with Crippen molar-refractivity contribution in [1.29, 1.82) is 0 Å². The van der Waals surface area contributed by atoms with E-state index in [0.717, 1.165) is 18.4 Å². The molecule has 0 aromatic carbocycles. The van der Waals surface area contributed by atoms with Crippen LogP contribution in [0.2, 0.25) is 0 Å². The minimum absolute atomic E-state index is 0.00557. The van der Waals surface area contributed by atoms with E-state index in [1.165, 1.54) is 0 Å². The van der Waals surface area contributed by atoms with Crippen LogP contribution in [0.5, 0.6) is 0 Å². The lowest BCUT2D eigenvalue weighted by molar-refractivity contribution is -0.209. The quantitative estimate of drug-likeness (QED) is 0.627. The summed E-state index contributed by atoms with van der Waals surface area (Å²) in [6.07, 6.45) is 5.64. The predicted molar refractivity (Wildman–Crippen MR) is 100 cm³/mol. The lowest BCUT2D eigenvalue weighted by Gasteiger charge is -2.63. The third-order valence-electron chi connectivity index (χ3n) is 8.92. The lowest BCUT2D eigenvalue weighted by Crippen LogP contribution is -2.67. The average Bonchev–Trinajstić information content (AvgIpc) is 2.92. The highest BCUT2D eigenvalue weighted by Gasteiger charge is 2.71. The molecule has 0 radical (unpaired) electrons. The Kier molecular flexibility index (Phi) is 4.32. The summed E-state index contributed by atoms with van der Waals surface area (Å²) in [5, 5.41) is 32.3. The minimum atomic E-state index is -1.73. The molecule has 0 aromatic rings. The summed E-state index contributed by atoms with van der Waals surface area (Å²) in [4.78, 5) is 36.7. The standard InChI is InChI=1S/C22H30O6/c1-19-7-5-14(25)9-13(19)3-4-15-16-6-8-22(28,17(26)10-23)20(16,2)11-21(27,12-24)18(15)19/h9,12,15-16,18,23,27-28H,3-8,10-11H2,1-2H3/t15-,16-,18-,19-,20-,21+,22-/m0/s1. The van der Waals surface area contributed by atoms with E-state index in [-0.39, 0.29) is 36.4 Å². The van der Waals surface area contributed by atoms with Gasteiger partial charge in [0, 0.05) is 17.8 Å². The number of aliphatic hydroxyl groups is 3. The van der Waals surface area contributed by atoms with E-state index < -0.39 is 34.4 Å². The van der Waals surface area contributed by atoms with E-state index in [2.05, 4.69) is 6.92 Å². The minimum Gasteiger partial charge on any atom is -0.388 e. The summed E-state index contributed by atoms with van der Waals surface area (Å²) < 4.78 is 0. The number of Topliss-reactive ketones (excluding diaryl/α,β-unsaturated/α-hetero) is 1. The van der Waals surface area contributed by atoms with E-state index in [1.807, 2.05) is 0 Å². The molecule has 0 spiro atoms. The van der Waals surface area contributed by atoms with Crippen LogP contribution in [0.1, 0.15) is 58.8 Å². The number of allylic oxidation sites excluding steroid dienone is 1. The summed E-state index contributed by atoms with van der Waals surface area (Å²) in [5.41, 5.74) is -3.79. The number of ketones is 2. The number of aliphatic hydroxyl groups excluding tert-OH is 1. The predicted octanol–water partition coefficient (Wildman–Crippen LogP) is 1.35. The SMILES string of the molecule is C[C@]12CCC(=O)C=C1CC[C@H]1[C@@H]3CC[C@](O)(C(=O)CO)[C@@]3(C)C[C@@](O)(C=O)[C@@H]12. The van der Waals surface area contributed by atoms with Crippen LogP contribution in [0.4, 0.5) is 0 Å². The first-order chi connectivity index (χ1) is 13.1. The molecule has 0 heterocycles. The first-order valence-corrected chi connectivity index (χ1v) is 10.3. The van der Waals surface area contributed by atoms with E-state index in [4.69, 9.17) is 0 Å². The van der Waals surface area contributed by atoms with Crippen molar-refractivity contribution in [2.45, 2.75) is 70.0 Å². The van der Waals surface area contributed by atoms with E-state index >= 15 is 0 Å². The molecule has 154 valence electrons. The first kappa shape index (κ1) is 19.9. The molecule has 4 aliphatic carbocycles. The van der Waals surface area contributed by atoms with Gasteiger partial charge in [0.15, 0.2) is 17.9 Å². The van der Waals surface area contributed by atoms with Crippen molar-refractivity contribution < 1.29 is 29.7 Å². The number of hydrogen-bond donors (Lipinski definition) is 3. The fraction of sp³-hybridized carbons (Fsp3) is 0.773. The van der Waals surface area contributed by atoms with Crippen LogP contribution in [0, 0.1) is 28.6 Å².